The van der Waals surface area contributed by atoms with E-state index in [0.717, 1.165) is 25.7 Å². The van der Waals surface area contributed by atoms with Gasteiger partial charge in [0.1, 0.15) is 11.6 Å². The van der Waals surface area contributed by atoms with Gasteiger partial charge in [0.05, 0.1) is 17.4 Å². The van der Waals surface area contributed by atoms with Gasteiger partial charge in [-0.2, -0.15) is 0 Å². The van der Waals surface area contributed by atoms with Crippen molar-refractivity contribution in [1.82, 2.24) is 0 Å². The number of hydrogen-bond acceptors (Lipinski definition) is 3. The molecule has 7 heteroatoms. The van der Waals surface area contributed by atoms with Crippen molar-refractivity contribution in [2.45, 2.75) is 25.7 Å². The van der Waals surface area contributed by atoms with E-state index in [1.807, 2.05) is 0 Å². The number of sulfonamides is 1. The molecule has 0 saturated heterocycles. The molecule has 0 radical (unpaired) electrons. The summed E-state index contributed by atoms with van der Waals surface area (Å²) in [5.74, 6) is -0.337. The van der Waals surface area contributed by atoms with Crippen LogP contribution in [0.15, 0.2) is 18.2 Å². The Kier molecular flexibility index (Phi) is 4.56. The number of hydrogen-bond donors (Lipinski definition) is 1. The fraction of sp³-hybridized carbons (Fsp3) is 0.538. The van der Waals surface area contributed by atoms with E-state index in [0.29, 0.717) is 5.02 Å². The Bertz CT molecular complexity index is 585. The Morgan fingerprint density at radius 2 is 2.00 bits per heavy atom. The maximum absolute atomic E-state index is 13.2. The zero-order valence-electron chi connectivity index (χ0n) is 10.9. The summed E-state index contributed by atoms with van der Waals surface area (Å²) < 4.78 is 41.4. The van der Waals surface area contributed by atoms with Crippen molar-refractivity contribution < 1.29 is 17.5 Å². The van der Waals surface area contributed by atoms with Gasteiger partial charge in [0.2, 0.25) is 10.0 Å². The van der Waals surface area contributed by atoms with Gasteiger partial charge >= 0.3 is 0 Å². The minimum absolute atomic E-state index is 0.118. The van der Waals surface area contributed by atoms with Crippen molar-refractivity contribution in [2.24, 2.45) is 10.6 Å². The summed E-state index contributed by atoms with van der Waals surface area (Å²) >= 11 is 5.93. The summed E-state index contributed by atoms with van der Waals surface area (Å²) in [6.07, 6.45) is 3.35. The van der Waals surface area contributed by atoms with Crippen LogP contribution in [0.2, 0.25) is 5.02 Å². The van der Waals surface area contributed by atoms with E-state index in [9.17, 15) is 12.8 Å². The second-order valence-corrected chi connectivity index (χ2v) is 7.40. The summed E-state index contributed by atoms with van der Waals surface area (Å²) in [6, 6.07) is 3.85. The second kappa shape index (κ2) is 5.87. The molecular formula is C13H17ClFNO3S. The van der Waals surface area contributed by atoms with E-state index in [1.165, 1.54) is 18.2 Å². The Morgan fingerprint density at radius 1 is 1.35 bits per heavy atom. The molecule has 1 saturated carbocycles. The molecule has 1 aliphatic rings. The Hall–Kier alpha value is -0.850. The van der Waals surface area contributed by atoms with E-state index in [1.54, 1.807) is 0 Å². The van der Waals surface area contributed by atoms with Gasteiger partial charge < -0.3 is 4.74 Å². The average Bonchev–Trinajstić information content (AvgIpc) is 2.77. The maximum Gasteiger partial charge on any atom is 0.209 e. The molecule has 1 aromatic rings. The number of benzene rings is 1. The molecule has 0 spiro atoms. The van der Waals surface area contributed by atoms with Crippen LogP contribution in [0.5, 0.6) is 5.75 Å². The molecule has 1 fully saturated rings. The number of primary sulfonamides is 1. The highest BCUT2D eigenvalue weighted by molar-refractivity contribution is 7.89. The predicted molar refractivity (Wildman–Crippen MR) is 75.8 cm³/mol. The topological polar surface area (TPSA) is 69.4 Å². The van der Waals surface area contributed by atoms with Gasteiger partial charge in [0.15, 0.2) is 0 Å². The minimum Gasteiger partial charge on any atom is -0.491 e. The van der Waals surface area contributed by atoms with Crippen LogP contribution < -0.4 is 9.88 Å². The number of nitrogens with two attached hydrogens (primary N) is 1. The molecule has 0 aliphatic heterocycles. The normalized spacial score (nSPS) is 18.1. The lowest BCUT2D eigenvalue weighted by Crippen LogP contribution is -2.36. The highest BCUT2D eigenvalue weighted by atomic mass is 35.5. The predicted octanol–water partition coefficient (Wildman–Crippen LogP) is 2.71. The SMILES string of the molecule is NS(=O)(=O)CC1(COc2cc(F)ccc2Cl)CCCC1. The van der Waals surface area contributed by atoms with Crippen LogP contribution in [0.25, 0.3) is 0 Å². The minimum atomic E-state index is -3.58. The summed E-state index contributed by atoms with van der Waals surface area (Å²) in [5.41, 5.74) is -0.497. The zero-order chi connectivity index (χ0) is 14.8. The molecular weight excluding hydrogens is 305 g/mol. The van der Waals surface area contributed by atoms with Crippen molar-refractivity contribution in [3.63, 3.8) is 0 Å². The van der Waals surface area contributed by atoms with E-state index in [4.69, 9.17) is 21.5 Å². The van der Waals surface area contributed by atoms with Crippen molar-refractivity contribution in [3.8, 4) is 5.75 Å². The second-order valence-electron chi connectivity index (χ2n) is 5.38. The lowest BCUT2D eigenvalue weighted by atomic mass is 9.90. The highest BCUT2D eigenvalue weighted by Crippen LogP contribution is 2.40. The molecule has 0 heterocycles. The molecule has 0 amide bonds. The Balaban J connectivity index is 2.11. The van der Waals surface area contributed by atoms with Crippen LogP contribution >= 0.6 is 11.6 Å². The number of rotatable bonds is 5. The molecule has 2 rings (SSSR count). The van der Waals surface area contributed by atoms with E-state index in [2.05, 4.69) is 0 Å². The third-order valence-corrected chi connectivity index (χ3v) is 4.93. The quantitative estimate of drug-likeness (QED) is 0.906. The third kappa shape index (κ3) is 4.07. The average molecular weight is 322 g/mol. The lowest BCUT2D eigenvalue weighted by Gasteiger charge is -2.27. The molecule has 1 aliphatic carbocycles. The molecule has 2 N–H and O–H groups in total. The van der Waals surface area contributed by atoms with Crippen molar-refractivity contribution in [1.29, 1.82) is 0 Å². The molecule has 20 heavy (non-hydrogen) atoms. The van der Waals surface area contributed by atoms with Gasteiger partial charge in [0.25, 0.3) is 0 Å². The molecule has 0 aromatic heterocycles. The monoisotopic (exact) mass is 321 g/mol. The van der Waals surface area contributed by atoms with E-state index < -0.39 is 21.3 Å². The largest absolute Gasteiger partial charge is 0.491 e. The Morgan fingerprint density at radius 3 is 2.60 bits per heavy atom. The van der Waals surface area contributed by atoms with Crippen molar-refractivity contribution in [3.05, 3.63) is 29.0 Å². The number of ether oxygens (including phenoxy) is 1. The Labute approximate surface area is 123 Å². The van der Waals surface area contributed by atoms with Crippen LogP contribution in [0, 0.1) is 11.2 Å². The van der Waals surface area contributed by atoms with Crippen LogP contribution in [-0.2, 0) is 10.0 Å². The van der Waals surface area contributed by atoms with Gasteiger partial charge in [-0.3, -0.25) is 0 Å². The fourth-order valence-electron chi connectivity index (χ4n) is 2.70. The van der Waals surface area contributed by atoms with E-state index in [-0.39, 0.29) is 18.1 Å². The highest BCUT2D eigenvalue weighted by Gasteiger charge is 2.38. The van der Waals surface area contributed by atoms with Crippen LogP contribution in [0.4, 0.5) is 4.39 Å². The van der Waals surface area contributed by atoms with Gasteiger partial charge in [0, 0.05) is 11.5 Å². The molecule has 0 unspecified atom stereocenters. The molecule has 112 valence electrons. The van der Waals surface area contributed by atoms with Crippen molar-refractivity contribution >= 4 is 21.6 Å². The summed E-state index contributed by atoms with van der Waals surface area (Å²) in [4.78, 5) is 0. The van der Waals surface area contributed by atoms with Gasteiger partial charge in [-0.1, -0.05) is 24.4 Å². The summed E-state index contributed by atoms with van der Waals surface area (Å²) in [6.45, 7) is 0.173. The molecule has 1 aromatic carbocycles. The fourth-order valence-corrected chi connectivity index (χ4v) is 4.10. The smallest absolute Gasteiger partial charge is 0.209 e. The molecule has 4 nitrogen and oxygen atoms in total. The van der Waals surface area contributed by atoms with E-state index >= 15 is 0 Å². The first-order chi connectivity index (χ1) is 9.30. The first kappa shape index (κ1) is 15.5. The standard InChI is InChI=1S/C13H17ClFNO3S/c14-11-4-3-10(15)7-12(11)19-8-13(5-1-2-6-13)9-20(16,17)18/h3-4,7H,1-2,5-6,8-9H2,(H2,16,17,18). The first-order valence-corrected chi connectivity index (χ1v) is 8.47. The van der Waals surface area contributed by atoms with Crippen LogP contribution in [0.1, 0.15) is 25.7 Å². The number of halogens is 2. The van der Waals surface area contributed by atoms with Gasteiger partial charge in [-0.05, 0) is 25.0 Å². The zero-order valence-corrected chi connectivity index (χ0v) is 12.5. The maximum atomic E-state index is 13.2. The lowest BCUT2D eigenvalue weighted by molar-refractivity contribution is 0.170. The summed E-state index contributed by atoms with van der Waals surface area (Å²) in [7, 11) is -3.58. The summed E-state index contributed by atoms with van der Waals surface area (Å²) in [5, 5.41) is 5.46. The van der Waals surface area contributed by atoms with Crippen molar-refractivity contribution in [2.75, 3.05) is 12.4 Å². The molecule has 0 atom stereocenters. The third-order valence-electron chi connectivity index (χ3n) is 3.60. The van der Waals surface area contributed by atoms with Crippen LogP contribution in [-0.4, -0.2) is 20.8 Å². The van der Waals surface area contributed by atoms with Gasteiger partial charge in [-0.25, -0.2) is 17.9 Å². The first-order valence-electron chi connectivity index (χ1n) is 6.38. The van der Waals surface area contributed by atoms with Crippen LogP contribution in [0.3, 0.4) is 0 Å². The van der Waals surface area contributed by atoms with Gasteiger partial charge in [-0.15, -0.1) is 0 Å². The molecule has 0 bridgehead atoms.